The number of halogens is 4. The van der Waals surface area contributed by atoms with Gasteiger partial charge in [0.2, 0.25) is 5.91 Å². The van der Waals surface area contributed by atoms with Crippen LogP contribution in [-0.4, -0.2) is 25.3 Å². The number of nitrogens with two attached hydrogens (primary N) is 1. The molecule has 1 rings (SSSR count). The summed E-state index contributed by atoms with van der Waals surface area (Å²) in [5.74, 6) is -0.641. The topological polar surface area (TPSA) is 64.3 Å². The zero-order valence-corrected chi connectivity index (χ0v) is 11.6. The van der Waals surface area contributed by atoms with Crippen LogP contribution in [0.2, 0.25) is 0 Å². The quantitative estimate of drug-likeness (QED) is 0.878. The van der Waals surface area contributed by atoms with Crippen molar-refractivity contribution in [3.8, 4) is 0 Å². The van der Waals surface area contributed by atoms with Crippen molar-refractivity contribution < 1.29 is 22.7 Å². The van der Waals surface area contributed by atoms with Crippen LogP contribution in [0.25, 0.3) is 0 Å². The molecule has 8 heteroatoms. The summed E-state index contributed by atoms with van der Waals surface area (Å²) in [4.78, 5) is 11.3. The molecule has 0 saturated heterocycles. The lowest BCUT2D eigenvalue weighted by atomic mass is 10.1. The van der Waals surface area contributed by atoms with Gasteiger partial charge in [-0.25, -0.2) is 0 Å². The normalized spacial score (nSPS) is 12.4. The molecule has 1 amide bonds. The van der Waals surface area contributed by atoms with Crippen molar-refractivity contribution in [1.29, 1.82) is 0 Å². The summed E-state index contributed by atoms with van der Waals surface area (Å²) in [6, 6.07) is 6.59. The number of carbonyl (C=O) groups is 1. The van der Waals surface area contributed by atoms with Gasteiger partial charge in [-0.05, 0) is 24.6 Å². The van der Waals surface area contributed by atoms with Gasteiger partial charge in [-0.1, -0.05) is 12.1 Å². The van der Waals surface area contributed by atoms with Gasteiger partial charge in [0.25, 0.3) is 0 Å². The zero-order valence-electron chi connectivity index (χ0n) is 10.7. The molecule has 1 aromatic rings. The Balaban J connectivity index is 0.00000361. The smallest absolute Gasteiger partial charge is 0.362 e. The molecule has 0 saturated carbocycles. The van der Waals surface area contributed by atoms with E-state index in [2.05, 4.69) is 10.1 Å². The van der Waals surface area contributed by atoms with Crippen LogP contribution in [-0.2, 0) is 9.53 Å². The maximum Gasteiger partial charge on any atom is 0.411 e. The van der Waals surface area contributed by atoms with E-state index in [0.717, 1.165) is 5.56 Å². The third-order valence-electron chi connectivity index (χ3n) is 2.22. The molecule has 0 aliphatic rings. The molecule has 3 N–H and O–H groups in total. The predicted octanol–water partition coefficient (Wildman–Crippen LogP) is 2.65. The van der Waals surface area contributed by atoms with Crippen LogP contribution in [0.1, 0.15) is 18.5 Å². The van der Waals surface area contributed by atoms with Crippen molar-refractivity contribution in [2.45, 2.75) is 19.1 Å². The Bertz CT molecular complexity index is 422. The van der Waals surface area contributed by atoms with E-state index in [1.807, 2.05) is 6.92 Å². The molecule has 1 atom stereocenters. The number of hydrogen-bond donors (Lipinski definition) is 2. The Morgan fingerprint density at radius 2 is 1.90 bits per heavy atom. The first kappa shape index (κ1) is 18.7. The molecule has 0 aliphatic heterocycles. The average molecular weight is 313 g/mol. The first-order chi connectivity index (χ1) is 8.78. The highest BCUT2D eigenvalue weighted by atomic mass is 35.5. The minimum absolute atomic E-state index is 0. The Hall–Kier alpha value is -1.31. The number of benzene rings is 1. The molecular formula is C12H16ClF3N2O2. The third kappa shape index (κ3) is 7.32. The second-order valence-corrected chi connectivity index (χ2v) is 4.07. The van der Waals surface area contributed by atoms with Gasteiger partial charge in [0.15, 0.2) is 0 Å². The fourth-order valence-electron chi connectivity index (χ4n) is 1.33. The van der Waals surface area contributed by atoms with Crippen molar-refractivity contribution in [1.82, 2.24) is 0 Å². The fourth-order valence-corrected chi connectivity index (χ4v) is 1.33. The van der Waals surface area contributed by atoms with E-state index in [-0.39, 0.29) is 18.4 Å². The first-order valence-electron chi connectivity index (χ1n) is 5.58. The van der Waals surface area contributed by atoms with Crippen LogP contribution in [0.15, 0.2) is 24.3 Å². The number of ether oxygens (including phenoxy) is 1. The largest absolute Gasteiger partial charge is 0.411 e. The van der Waals surface area contributed by atoms with E-state index in [9.17, 15) is 18.0 Å². The molecule has 1 unspecified atom stereocenters. The van der Waals surface area contributed by atoms with E-state index in [1.165, 1.54) is 0 Å². The van der Waals surface area contributed by atoms with E-state index in [4.69, 9.17) is 5.73 Å². The standard InChI is InChI=1S/C12H15F3N2O2.ClH/c1-8(16)9-2-4-10(5-3-9)17-11(18)6-19-7-12(13,14)15;/h2-5,8H,6-7,16H2,1H3,(H,17,18);1H. The fraction of sp³-hybridized carbons (Fsp3) is 0.417. The van der Waals surface area contributed by atoms with Crippen molar-refractivity contribution in [3.63, 3.8) is 0 Å². The monoisotopic (exact) mass is 312 g/mol. The van der Waals surface area contributed by atoms with Gasteiger partial charge in [-0.15, -0.1) is 12.4 Å². The predicted molar refractivity (Wildman–Crippen MR) is 71.8 cm³/mol. The molecule has 0 spiro atoms. The molecule has 1 aromatic carbocycles. The van der Waals surface area contributed by atoms with Crippen LogP contribution in [0.4, 0.5) is 18.9 Å². The van der Waals surface area contributed by atoms with Crippen LogP contribution < -0.4 is 11.1 Å². The van der Waals surface area contributed by atoms with Gasteiger partial charge in [0.1, 0.15) is 13.2 Å². The molecule has 114 valence electrons. The first-order valence-corrected chi connectivity index (χ1v) is 5.58. The molecule has 0 bridgehead atoms. The number of carbonyl (C=O) groups excluding carboxylic acids is 1. The summed E-state index contributed by atoms with van der Waals surface area (Å²) in [5.41, 5.74) is 7.03. The molecule has 0 radical (unpaired) electrons. The lowest BCUT2D eigenvalue weighted by Crippen LogP contribution is -2.24. The molecule has 4 nitrogen and oxygen atoms in total. The average Bonchev–Trinajstić information content (AvgIpc) is 2.27. The Morgan fingerprint density at radius 3 is 2.35 bits per heavy atom. The highest BCUT2D eigenvalue weighted by Crippen LogP contribution is 2.15. The summed E-state index contributed by atoms with van der Waals surface area (Å²) < 4.78 is 39.6. The van der Waals surface area contributed by atoms with E-state index in [0.29, 0.717) is 5.69 Å². The summed E-state index contributed by atoms with van der Waals surface area (Å²) in [6.07, 6.45) is -4.43. The van der Waals surface area contributed by atoms with E-state index >= 15 is 0 Å². The number of anilines is 1. The van der Waals surface area contributed by atoms with Gasteiger partial charge in [-0.2, -0.15) is 13.2 Å². The maximum atomic E-state index is 11.8. The van der Waals surface area contributed by atoms with Crippen LogP contribution >= 0.6 is 12.4 Å². The van der Waals surface area contributed by atoms with Crippen LogP contribution in [0.3, 0.4) is 0 Å². The van der Waals surface area contributed by atoms with Crippen LogP contribution in [0.5, 0.6) is 0 Å². The molecule has 20 heavy (non-hydrogen) atoms. The summed E-state index contributed by atoms with van der Waals surface area (Å²) in [6.45, 7) is -0.267. The molecule has 0 fully saturated rings. The highest BCUT2D eigenvalue weighted by Gasteiger charge is 2.27. The molecule has 0 aliphatic carbocycles. The van der Waals surface area contributed by atoms with E-state index in [1.54, 1.807) is 24.3 Å². The Kier molecular flexibility index (Phi) is 7.55. The number of hydrogen-bond acceptors (Lipinski definition) is 3. The Labute approximate surface area is 120 Å². The van der Waals surface area contributed by atoms with Crippen molar-refractivity contribution in [2.24, 2.45) is 5.73 Å². The second kappa shape index (κ2) is 8.08. The minimum Gasteiger partial charge on any atom is -0.362 e. The molecule has 0 heterocycles. The van der Waals surface area contributed by atoms with Gasteiger partial charge in [-0.3, -0.25) is 4.79 Å². The van der Waals surface area contributed by atoms with Gasteiger partial charge < -0.3 is 15.8 Å². The number of nitrogens with one attached hydrogen (secondary N) is 1. The number of amides is 1. The Morgan fingerprint density at radius 1 is 1.35 bits per heavy atom. The lowest BCUT2D eigenvalue weighted by molar-refractivity contribution is -0.174. The van der Waals surface area contributed by atoms with Gasteiger partial charge in [0, 0.05) is 11.7 Å². The molecular weight excluding hydrogens is 297 g/mol. The van der Waals surface area contributed by atoms with Crippen molar-refractivity contribution in [2.75, 3.05) is 18.5 Å². The van der Waals surface area contributed by atoms with Crippen LogP contribution in [0, 0.1) is 0 Å². The van der Waals surface area contributed by atoms with Crippen molar-refractivity contribution in [3.05, 3.63) is 29.8 Å². The summed E-state index contributed by atoms with van der Waals surface area (Å²) in [5, 5.41) is 2.42. The number of alkyl halides is 3. The summed E-state index contributed by atoms with van der Waals surface area (Å²) >= 11 is 0. The maximum absolute atomic E-state index is 11.8. The lowest BCUT2D eigenvalue weighted by Gasteiger charge is -2.09. The zero-order chi connectivity index (χ0) is 14.5. The van der Waals surface area contributed by atoms with Crippen molar-refractivity contribution >= 4 is 24.0 Å². The molecule has 0 aromatic heterocycles. The summed E-state index contributed by atoms with van der Waals surface area (Å²) in [7, 11) is 0. The van der Waals surface area contributed by atoms with E-state index < -0.39 is 25.3 Å². The third-order valence-corrected chi connectivity index (χ3v) is 2.22. The minimum atomic E-state index is -4.43. The second-order valence-electron chi connectivity index (χ2n) is 4.07. The highest BCUT2D eigenvalue weighted by molar-refractivity contribution is 5.91. The van der Waals surface area contributed by atoms with Gasteiger partial charge >= 0.3 is 6.18 Å². The number of rotatable bonds is 5. The SMILES string of the molecule is CC(N)c1ccc(NC(=O)COCC(F)(F)F)cc1.Cl. The van der Waals surface area contributed by atoms with Gasteiger partial charge in [0.05, 0.1) is 0 Å².